The van der Waals surface area contributed by atoms with Gasteiger partial charge in [0.2, 0.25) is 0 Å². The number of methoxy groups -OCH3 is 2. The molecule has 9 nitrogen and oxygen atoms in total. The summed E-state index contributed by atoms with van der Waals surface area (Å²) in [5, 5.41) is 3.42. The smallest absolute Gasteiger partial charge is 0.279 e. The molecule has 2 aromatic heterocycles. The minimum absolute atomic E-state index is 0.0496. The van der Waals surface area contributed by atoms with Crippen molar-refractivity contribution < 1.29 is 22.7 Å². The highest BCUT2D eigenvalue weighted by molar-refractivity contribution is 7.99. The van der Waals surface area contributed by atoms with Crippen LogP contribution in [0.2, 0.25) is 0 Å². The Labute approximate surface area is 226 Å². The van der Waals surface area contributed by atoms with Crippen LogP contribution < -0.4 is 10.0 Å². The summed E-state index contributed by atoms with van der Waals surface area (Å²) in [6, 6.07) is 20.2. The zero-order chi connectivity index (χ0) is 27.1. The van der Waals surface area contributed by atoms with Crippen LogP contribution in [-0.4, -0.2) is 56.6 Å². The van der Waals surface area contributed by atoms with Crippen molar-refractivity contribution in [2.75, 3.05) is 25.5 Å². The molecule has 3 N–H and O–H groups in total. The maximum absolute atomic E-state index is 13.1. The molecule has 4 rings (SSSR count). The van der Waals surface area contributed by atoms with Crippen molar-refractivity contribution >= 4 is 44.3 Å². The number of aromatic nitrogens is 2. The molecule has 0 spiro atoms. The maximum atomic E-state index is 13.1. The third-order valence-electron chi connectivity index (χ3n) is 5.90. The molecule has 0 aliphatic heterocycles. The van der Waals surface area contributed by atoms with Crippen molar-refractivity contribution in [2.24, 2.45) is 0 Å². The molecule has 0 aliphatic carbocycles. The summed E-state index contributed by atoms with van der Waals surface area (Å²) in [6.45, 7) is 1.98. The summed E-state index contributed by atoms with van der Waals surface area (Å²) in [5.41, 5.74) is 2.81. The van der Waals surface area contributed by atoms with Gasteiger partial charge in [-0.15, -0.1) is 11.8 Å². The van der Waals surface area contributed by atoms with Crippen LogP contribution in [0.5, 0.6) is 0 Å². The summed E-state index contributed by atoms with van der Waals surface area (Å²) in [7, 11) is -0.788. The van der Waals surface area contributed by atoms with Crippen molar-refractivity contribution in [2.45, 2.75) is 29.2 Å². The second-order valence-corrected chi connectivity index (χ2v) is 11.4. The van der Waals surface area contributed by atoms with Crippen LogP contribution in [0.3, 0.4) is 0 Å². The lowest BCUT2D eigenvalue weighted by molar-refractivity contribution is -0.101. The molecule has 2 aromatic carbocycles. The molecule has 200 valence electrons. The molecule has 0 saturated heterocycles. The van der Waals surface area contributed by atoms with Gasteiger partial charge in [0.25, 0.3) is 15.9 Å². The predicted octanol–water partition coefficient (Wildman–Crippen LogP) is 4.32. The number of carbonyl (C=O) groups is 1. The van der Waals surface area contributed by atoms with Gasteiger partial charge in [0.05, 0.1) is 16.5 Å². The first-order valence-corrected chi connectivity index (χ1v) is 14.4. The number of aromatic amines is 1. The average molecular weight is 555 g/mol. The van der Waals surface area contributed by atoms with E-state index in [1.165, 1.54) is 6.20 Å². The molecule has 0 bridgehead atoms. The molecule has 2 heterocycles. The van der Waals surface area contributed by atoms with Gasteiger partial charge in [0.1, 0.15) is 5.69 Å². The van der Waals surface area contributed by atoms with Crippen LogP contribution in [0.1, 0.15) is 21.6 Å². The minimum atomic E-state index is -3.92. The topological polar surface area (TPSA) is 122 Å². The molecule has 0 radical (unpaired) electrons. The largest absolute Gasteiger partial charge is 0.355 e. The Hall–Kier alpha value is -3.38. The summed E-state index contributed by atoms with van der Waals surface area (Å²) in [4.78, 5) is 20.2. The van der Waals surface area contributed by atoms with Crippen molar-refractivity contribution in [3.05, 3.63) is 89.7 Å². The number of pyridine rings is 1. The van der Waals surface area contributed by atoms with Crippen molar-refractivity contribution in [3.8, 4) is 0 Å². The van der Waals surface area contributed by atoms with Gasteiger partial charge < -0.3 is 19.8 Å². The first kappa shape index (κ1) is 27.6. The van der Waals surface area contributed by atoms with E-state index in [1.54, 1.807) is 69.3 Å². The second-order valence-electron chi connectivity index (χ2n) is 8.57. The number of nitrogens with zero attached hydrogens (tertiary/aromatic N) is 1. The van der Waals surface area contributed by atoms with Gasteiger partial charge in [-0.2, -0.15) is 8.42 Å². The number of H-pyrrole nitrogens is 1. The lowest BCUT2D eigenvalue weighted by atomic mass is 10.2. The molecule has 11 heteroatoms. The molecule has 1 unspecified atom stereocenters. The number of aryl methyl sites for hydroxylation is 1. The fraction of sp³-hybridized carbons (Fsp3) is 0.259. The van der Waals surface area contributed by atoms with E-state index in [0.29, 0.717) is 34.4 Å². The van der Waals surface area contributed by atoms with Crippen LogP contribution in [-0.2, 0) is 25.2 Å². The summed E-state index contributed by atoms with van der Waals surface area (Å²) in [6.07, 6.45) is 0.922. The first-order chi connectivity index (χ1) is 18.3. The highest BCUT2D eigenvalue weighted by Gasteiger charge is 2.24. The van der Waals surface area contributed by atoms with E-state index in [1.807, 2.05) is 30.3 Å². The van der Waals surface area contributed by atoms with Gasteiger partial charge in [-0.3, -0.25) is 9.52 Å². The van der Waals surface area contributed by atoms with E-state index < -0.39 is 16.3 Å². The average Bonchev–Trinajstić information content (AvgIpc) is 3.36. The number of benzene rings is 2. The normalized spacial score (nSPS) is 12.5. The Morgan fingerprint density at radius 3 is 2.53 bits per heavy atom. The molecule has 0 aliphatic rings. The number of ether oxygens (including phenoxy) is 2. The number of hydrogen-bond donors (Lipinski definition) is 3. The molecular weight excluding hydrogens is 524 g/mol. The van der Waals surface area contributed by atoms with Gasteiger partial charge in [-0.1, -0.05) is 48.5 Å². The van der Waals surface area contributed by atoms with Crippen molar-refractivity contribution in [1.82, 2.24) is 15.3 Å². The zero-order valence-electron chi connectivity index (χ0n) is 21.3. The fourth-order valence-electron chi connectivity index (χ4n) is 4.01. The van der Waals surface area contributed by atoms with E-state index in [2.05, 4.69) is 20.0 Å². The summed E-state index contributed by atoms with van der Waals surface area (Å²) in [5.74, 6) is 0.405. The van der Waals surface area contributed by atoms with E-state index in [0.717, 1.165) is 11.3 Å². The minimum Gasteiger partial charge on any atom is -0.355 e. The Morgan fingerprint density at radius 2 is 1.82 bits per heavy atom. The van der Waals surface area contributed by atoms with Crippen molar-refractivity contribution in [1.29, 1.82) is 0 Å². The highest BCUT2D eigenvalue weighted by atomic mass is 32.2. The molecule has 1 atom stereocenters. The maximum Gasteiger partial charge on any atom is 0.279 e. The number of amides is 1. The fourth-order valence-corrected chi connectivity index (χ4v) is 6.44. The van der Waals surface area contributed by atoms with Gasteiger partial charge in [-0.05, 0) is 36.2 Å². The van der Waals surface area contributed by atoms with Gasteiger partial charge in [0, 0.05) is 38.1 Å². The monoisotopic (exact) mass is 554 g/mol. The van der Waals surface area contributed by atoms with Gasteiger partial charge in [-0.25, -0.2) is 4.98 Å². The number of thioether (sulfide) groups is 1. The third-order valence-corrected chi connectivity index (χ3v) is 8.64. The Morgan fingerprint density at radius 1 is 1.05 bits per heavy atom. The van der Waals surface area contributed by atoms with E-state index in [-0.39, 0.29) is 16.2 Å². The number of rotatable bonds is 12. The van der Waals surface area contributed by atoms with Crippen LogP contribution in [0.25, 0.3) is 10.9 Å². The predicted molar refractivity (Wildman–Crippen MR) is 150 cm³/mol. The number of carbonyl (C=O) groups excluding carboxylic acids is 1. The zero-order valence-corrected chi connectivity index (χ0v) is 22.9. The Bertz CT molecular complexity index is 1490. The SMILES string of the molecule is COC(OC)C(CNC(=O)c1cc2cccc(NS(=O)(=O)c3ncccc3C)c2[nH]1)SCc1ccccc1. The number of fused-ring (bicyclic) bond motifs is 1. The molecule has 0 fully saturated rings. The van der Waals surface area contributed by atoms with E-state index >= 15 is 0 Å². The van der Waals surface area contributed by atoms with Gasteiger partial charge >= 0.3 is 0 Å². The van der Waals surface area contributed by atoms with Crippen LogP contribution in [0.4, 0.5) is 5.69 Å². The van der Waals surface area contributed by atoms with Gasteiger partial charge in [0.15, 0.2) is 11.3 Å². The number of para-hydroxylation sites is 1. The molecular formula is C27H30N4O5S2. The van der Waals surface area contributed by atoms with Crippen LogP contribution >= 0.6 is 11.8 Å². The Kier molecular flexibility index (Phi) is 9.05. The molecule has 4 aromatic rings. The molecule has 0 saturated carbocycles. The number of nitrogens with one attached hydrogen (secondary N) is 3. The summed E-state index contributed by atoms with van der Waals surface area (Å²) < 4.78 is 39.5. The third kappa shape index (κ3) is 6.54. The standard InChI is InChI=1S/C27H30N4O5S2/c1-18-9-8-14-28-26(18)38(33,34)31-21-13-7-12-20-15-22(30-24(20)21)25(32)29-16-23(27(35-2)36-3)37-17-19-10-5-4-6-11-19/h4-15,23,27,30-31H,16-17H2,1-3H3,(H,29,32). The van der Waals surface area contributed by atoms with Crippen molar-refractivity contribution in [3.63, 3.8) is 0 Å². The number of sulfonamides is 1. The molecule has 1 amide bonds. The highest BCUT2D eigenvalue weighted by Crippen LogP contribution is 2.27. The summed E-state index contributed by atoms with van der Waals surface area (Å²) >= 11 is 1.62. The van der Waals surface area contributed by atoms with E-state index in [9.17, 15) is 13.2 Å². The van der Waals surface area contributed by atoms with Crippen LogP contribution in [0.15, 0.2) is 78.0 Å². The second kappa shape index (κ2) is 12.4. The quantitative estimate of drug-likeness (QED) is 0.223. The molecule has 38 heavy (non-hydrogen) atoms. The lowest BCUT2D eigenvalue weighted by Crippen LogP contribution is -2.39. The lowest BCUT2D eigenvalue weighted by Gasteiger charge is -2.24. The first-order valence-electron chi connectivity index (χ1n) is 11.9. The van der Waals surface area contributed by atoms with E-state index in [4.69, 9.17) is 9.47 Å². The Balaban J connectivity index is 1.49. The number of hydrogen-bond acceptors (Lipinski definition) is 7. The number of anilines is 1. The van der Waals surface area contributed by atoms with Crippen LogP contribution in [0, 0.1) is 6.92 Å².